The van der Waals surface area contributed by atoms with Crippen LogP contribution in [0.25, 0.3) is 0 Å². The van der Waals surface area contributed by atoms with Gasteiger partial charge >= 0.3 is 6.03 Å². The minimum absolute atomic E-state index is 0.0965. The highest BCUT2D eigenvalue weighted by Crippen LogP contribution is 2.38. The van der Waals surface area contributed by atoms with Crippen LogP contribution in [-0.2, 0) is 4.79 Å². The largest absolute Gasteiger partial charge is 0.491 e. The third-order valence-corrected chi connectivity index (χ3v) is 5.01. The van der Waals surface area contributed by atoms with E-state index in [2.05, 4.69) is 17.6 Å². The number of hydrogen-bond donors (Lipinski definition) is 2. The van der Waals surface area contributed by atoms with Gasteiger partial charge in [0.2, 0.25) is 5.91 Å². The lowest BCUT2D eigenvalue weighted by atomic mass is 9.84. The molecule has 0 aromatic heterocycles. The highest BCUT2D eigenvalue weighted by Gasteiger charge is 2.42. The van der Waals surface area contributed by atoms with Crippen LogP contribution in [0, 0.1) is 5.41 Å². The molecule has 1 fully saturated rings. The fourth-order valence-corrected chi connectivity index (χ4v) is 3.38. The Balaban J connectivity index is 1.94. The van der Waals surface area contributed by atoms with Gasteiger partial charge in [-0.3, -0.25) is 4.79 Å². The molecule has 1 atom stereocenters. The monoisotopic (exact) mass is 361 g/mol. The lowest BCUT2D eigenvalue weighted by Crippen LogP contribution is -2.47. The van der Waals surface area contributed by atoms with E-state index in [4.69, 9.17) is 4.74 Å². The van der Waals surface area contributed by atoms with Crippen LogP contribution >= 0.6 is 0 Å². The molecule has 2 rings (SSSR count). The van der Waals surface area contributed by atoms with E-state index in [1.807, 2.05) is 31.2 Å². The van der Waals surface area contributed by atoms with E-state index in [1.54, 1.807) is 19.0 Å². The first-order valence-corrected chi connectivity index (χ1v) is 9.39. The first-order valence-electron chi connectivity index (χ1n) is 9.39. The smallest absolute Gasteiger partial charge is 0.319 e. The van der Waals surface area contributed by atoms with Gasteiger partial charge in [-0.1, -0.05) is 25.8 Å². The lowest BCUT2D eigenvalue weighted by Gasteiger charge is -2.30. The minimum atomic E-state index is -0.470. The molecule has 1 saturated carbocycles. The van der Waals surface area contributed by atoms with E-state index in [0.717, 1.165) is 37.9 Å². The SMILES string of the molecule is CC[C@@H](C)Oc1cccc(NC(=O)NCC2(C(=O)N(C)C)CCCC2)c1. The predicted molar refractivity (Wildman–Crippen MR) is 103 cm³/mol. The molecule has 2 N–H and O–H groups in total. The lowest BCUT2D eigenvalue weighted by molar-refractivity contribution is -0.138. The van der Waals surface area contributed by atoms with Gasteiger partial charge in [0.15, 0.2) is 0 Å². The van der Waals surface area contributed by atoms with Crippen molar-refractivity contribution in [3.8, 4) is 5.75 Å². The number of nitrogens with zero attached hydrogens (tertiary/aromatic N) is 1. The number of benzene rings is 1. The summed E-state index contributed by atoms with van der Waals surface area (Å²) in [4.78, 5) is 26.5. The molecule has 1 aromatic carbocycles. The number of ether oxygens (including phenoxy) is 1. The Labute approximate surface area is 156 Å². The van der Waals surface area contributed by atoms with Gasteiger partial charge in [-0.2, -0.15) is 0 Å². The Bertz CT molecular complexity index is 624. The molecule has 144 valence electrons. The maximum atomic E-state index is 12.6. The van der Waals surface area contributed by atoms with E-state index in [-0.39, 0.29) is 18.0 Å². The Morgan fingerprint density at radius 1 is 1.27 bits per heavy atom. The van der Waals surface area contributed by atoms with Crippen molar-refractivity contribution in [2.24, 2.45) is 5.41 Å². The Morgan fingerprint density at radius 2 is 1.96 bits per heavy atom. The zero-order chi connectivity index (χ0) is 19.2. The van der Waals surface area contributed by atoms with E-state index in [0.29, 0.717) is 12.2 Å². The molecule has 1 aliphatic rings. The third-order valence-electron chi connectivity index (χ3n) is 5.01. The van der Waals surface area contributed by atoms with E-state index >= 15 is 0 Å². The summed E-state index contributed by atoms with van der Waals surface area (Å²) < 4.78 is 5.78. The molecule has 1 aromatic rings. The number of rotatable bonds is 7. The topological polar surface area (TPSA) is 70.7 Å². The predicted octanol–water partition coefficient (Wildman–Crippen LogP) is 3.63. The summed E-state index contributed by atoms with van der Waals surface area (Å²) in [7, 11) is 3.54. The summed E-state index contributed by atoms with van der Waals surface area (Å²) in [5.74, 6) is 0.825. The average Bonchev–Trinajstić information content (AvgIpc) is 3.09. The molecule has 0 saturated heterocycles. The fourth-order valence-electron chi connectivity index (χ4n) is 3.38. The second-order valence-electron chi connectivity index (χ2n) is 7.36. The van der Waals surface area contributed by atoms with Crippen molar-refractivity contribution in [2.45, 2.75) is 52.1 Å². The van der Waals surface area contributed by atoms with Crippen LogP contribution in [0.5, 0.6) is 5.75 Å². The number of nitrogens with one attached hydrogen (secondary N) is 2. The van der Waals surface area contributed by atoms with Gasteiger partial charge in [-0.25, -0.2) is 4.79 Å². The van der Waals surface area contributed by atoms with Crippen LogP contribution in [0.15, 0.2) is 24.3 Å². The average molecular weight is 361 g/mol. The van der Waals surface area contributed by atoms with Crippen molar-refractivity contribution in [1.82, 2.24) is 10.2 Å². The molecule has 26 heavy (non-hydrogen) atoms. The molecule has 0 heterocycles. The molecular weight excluding hydrogens is 330 g/mol. The highest BCUT2D eigenvalue weighted by atomic mass is 16.5. The second kappa shape index (κ2) is 8.92. The van der Waals surface area contributed by atoms with Gasteiger partial charge < -0.3 is 20.3 Å². The maximum absolute atomic E-state index is 12.6. The Morgan fingerprint density at radius 3 is 2.58 bits per heavy atom. The molecule has 6 nitrogen and oxygen atoms in total. The zero-order valence-electron chi connectivity index (χ0n) is 16.3. The molecule has 3 amide bonds. The van der Waals surface area contributed by atoms with Crippen LogP contribution < -0.4 is 15.4 Å². The molecule has 0 spiro atoms. The minimum Gasteiger partial charge on any atom is -0.491 e. The summed E-state index contributed by atoms with van der Waals surface area (Å²) in [6.07, 6.45) is 4.74. The summed E-state index contributed by atoms with van der Waals surface area (Å²) in [6, 6.07) is 7.05. The second-order valence-corrected chi connectivity index (χ2v) is 7.36. The molecule has 0 aliphatic heterocycles. The van der Waals surface area contributed by atoms with Gasteiger partial charge in [0.25, 0.3) is 0 Å². The fraction of sp³-hybridized carbons (Fsp3) is 0.600. The molecule has 6 heteroatoms. The van der Waals surface area contributed by atoms with Crippen molar-refractivity contribution < 1.29 is 14.3 Å². The van der Waals surface area contributed by atoms with Gasteiger partial charge in [-0.05, 0) is 38.3 Å². The number of carbonyl (C=O) groups excluding carboxylic acids is 2. The quantitative estimate of drug-likeness (QED) is 0.779. The molecule has 0 bridgehead atoms. The number of carbonyl (C=O) groups is 2. The van der Waals surface area contributed by atoms with Crippen LogP contribution in [0.3, 0.4) is 0 Å². The summed E-state index contributed by atoms with van der Waals surface area (Å²) in [6.45, 7) is 4.43. The zero-order valence-corrected chi connectivity index (χ0v) is 16.3. The summed E-state index contributed by atoms with van der Waals surface area (Å²) in [5.41, 5.74) is 0.199. The van der Waals surface area contributed by atoms with Crippen LogP contribution in [0.4, 0.5) is 10.5 Å². The number of urea groups is 1. The Kier molecular flexibility index (Phi) is 6.89. The molecule has 0 unspecified atom stereocenters. The van der Waals surface area contributed by atoms with Crippen LogP contribution in [0.2, 0.25) is 0 Å². The standard InChI is InChI=1S/C20H31N3O3/c1-5-15(2)26-17-10-8-9-16(13-17)22-19(25)21-14-20(11-6-7-12-20)18(24)23(3)4/h8-10,13,15H,5-7,11-12,14H2,1-4H3,(H2,21,22,25)/t15-/m1/s1. The van der Waals surface area contributed by atoms with Crippen LogP contribution in [-0.4, -0.2) is 43.6 Å². The van der Waals surface area contributed by atoms with Crippen molar-refractivity contribution in [1.29, 1.82) is 0 Å². The number of anilines is 1. The van der Waals surface area contributed by atoms with E-state index in [9.17, 15) is 9.59 Å². The maximum Gasteiger partial charge on any atom is 0.319 e. The third kappa shape index (κ3) is 5.13. The Hall–Kier alpha value is -2.24. The van der Waals surface area contributed by atoms with Crippen LogP contribution in [0.1, 0.15) is 46.0 Å². The highest BCUT2D eigenvalue weighted by molar-refractivity contribution is 5.90. The van der Waals surface area contributed by atoms with E-state index < -0.39 is 5.41 Å². The van der Waals surface area contributed by atoms with Gasteiger partial charge in [-0.15, -0.1) is 0 Å². The molecule has 1 aliphatic carbocycles. The molecular formula is C20H31N3O3. The van der Waals surface area contributed by atoms with Crippen molar-refractivity contribution in [2.75, 3.05) is 26.0 Å². The summed E-state index contributed by atoms with van der Waals surface area (Å²) >= 11 is 0. The molecule has 0 radical (unpaired) electrons. The summed E-state index contributed by atoms with van der Waals surface area (Å²) in [5, 5.41) is 5.71. The van der Waals surface area contributed by atoms with Crippen molar-refractivity contribution >= 4 is 17.6 Å². The first kappa shape index (κ1) is 20.1. The number of amides is 3. The first-order chi connectivity index (χ1) is 12.4. The van der Waals surface area contributed by atoms with Gasteiger partial charge in [0.1, 0.15) is 5.75 Å². The normalized spacial score (nSPS) is 16.6. The number of hydrogen-bond acceptors (Lipinski definition) is 3. The van der Waals surface area contributed by atoms with Crippen molar-refractivity contribution in [3.05, 3.63) is 24.3 Å². The van der Waals surface area contributed by atoms with Gasteiger partial charge in [0, 0.05) is 32.4 Å². The van der Waals surface area contributed by atoms with Gasteiger partial charge in [0.05, 0.1) is 11.5 Å². The van der Waals surface area contributed by atoms with E-state index in [1.165, 1.54) is 0 Å². The van der Waals surface area contributed by atoms with Crippen molar-refractivity contribution in [3.63, 3.8) is 0 Å².